The highest BCUT2D eigenvalue weighted by Crippen LogP contribution is 2.60. The maximum atomic E-state index is 14.6. The number of hydrogen-bond acceptors (Lipinski definition) is 6. The van der Waals surface area contributed by atoms with Crippen LogP contribution in [0.3, 0.4) is 0 Å². The van der Waals surface area contributed by atoms with E-state index in [0.717, 1.165) is 5.56 Å². The molecule has 2 aromatic rings. The highest BCUT2D eigenvalue weighted by molar-refractivity contribution is 9.09. The fourth-order valence-corrected chi connectivity index (χ4v) is 7.88. The molecule has 3 aliphatic heterocycles. The molecule has 3 unspecified atom stereocenters. The van der Waals surface area contributed by atoms with Crippen molar-refractivity contribution in [3.8, 4) is 5.75 Å². The summed E-state index contributed by atoms with van der Waals surface area (Å²) in [6, 6.07) is 15.8. The largest absolute Gasteiger partial charge is 0.497 e. The molecule has 6 atom stereocenters. The second-order valence-corrected chi connectivity index (χ2v) is 12.4. The zero-order chi connectivity index (χ0) is 30.7. The third kappa shape index (κ3) is 5.52. The Hall–Kier alpha value is -3.47. The topological polar surface area (TPSA) is 99.6 Å². The van der Waals surface area contributed by atoms with Crippen LogP contribution in [0, 0.1) is 11.8 Å². The normalized spacial score (nSPS) is 27.1. The van der Waals surface area contributed by atoms with E-state index < -0.39 is 29.6 Å². The average molecular weight is 653 g/mol. The molecule has 0 radical (unpaired) electrons. The molecule has 3 saturated heterocycles. The summed E-state index contributed by atoms with van der Waals surface area (Å²) < 4.78 is 12.0. The van der Waals surface area contributed by atoms with E-state index in [4.69, 9.17) is 9.47 Å². The number of aliphatic hydroxyl groups excluding tert-OH is 1. The van der Waals surface area contributed by atoms with Crippen LogP contribution in [0.1, 0.15) is 18.4 Å². The summed E-state index contributed by atoms with van der Waals surface area (Å²) in [5.74, 6) is -1.78. The molecule has 1 N–H and O–H groups in total. The summed E-state index contributed by atoms with van der Waals surface area (Å²) in [5.41, 5.74) is 0.374. The highest BCUT2D eigenvalue weighted by atomic mass is 79.9. The van der Waals surface area contributed by atoms with Gasteiger partial charge in [0, 0.05) is 43.3 Å². The lowest BCUT2D eigenvalue weighted by Crippen LogP contribution is -2.57. The van der Waals surface area contributed by atoms with Gasteiger partial charge in [0.15, 0.2) is 0 Å². The highest BCUT2D eigenvalue weighted by Gasteiger charge is 2.76. The number of methoxy groups -OCH3 is 1. The summed E-state index contributed by atoms with van der Waals surface area (Å²) in [4.78, 5) is 47.8. The fourth-order valence-electron chi connectivity index (χ4n) is 6.94. The van der Waals surface area contributed by atoms with Gasteiger partial charge >= 0.3 is 0 Å². The van der Waals surface area contributed by atoms with Crippen LogP contribution < -0.4 is 9.64 Å². The van der Waals surface area contributed by atoms with Crippen molar-refractivity contribution in [2.45, 2.75) is 42.0 Å². The first kappa shape index (κ1) is 31.0. The number of aliphatic hydroxyl groups is 1. The molecule has 0 saturated carbocycles. The molecule has 3 fully saturated rings. The number of hydrogen-bond donors (Lipinski definition) is 1. The standard InChI is InChI=1S/C33H38BrN3O6/c1-4-16-35(21-22-10-7-6-8-11-22)30(39)26-27-31(40)37(18-9-19-38)29(33(27)20-25(34)28(26)43-33)32(41)36(17-5-2)23-12-14-24(42-3)15-13-23/h4-8,10-15,25-29,38H,1-2,9,16-21H2,3H3/t25?,26-,27+,28-,29?,33?/m1/s1. The Morgan fingerprint density at radius 2 is 1.81 bits per heavy atom. The third-order valence-electron chi connectivity index (χ3n) is 8.70. The van der Waals surface area contributed by atoms with E-state index in [1.165, 1.54) is 4.90 Å². The van der Waals surface area contributed by atoms with Crippen molar-refractivity contribution in [1.29, 1.82) is 0 Å². The number of rotatable bonds is 13. The van der Waals surface area contributed by atoms with Crippen LogP contribution >= 0.6 is 15.9 Å². The van der Waals surface area contributed by atoms with Gasteiger partial charge in [-0.3, -0.25) is 14.4 Å². The molecule has 10 heteroatoms. The molecular weight excluding hydrogens is 614 g/mol. The first-order chi connectivity index (χ1) is 20.8. The molecule has 3 amide bonds. The number of carbonyl (C=O) groups is 3. The zero-order valence-corrected chi connectivity index (χ0v) is 25.9. The average Bonchev–Trinajstić information content (AvgIpc) is 3.61. The summed E-state index contributed by atoms with van der Waals surface area (Å²) in [6.07, 6.45) is 3.42. The number of fused-ring (bicyclic) bond motifs is 1. The molecule has 2 aromatic carbocycles. The predicted octanol–water partition coefficient (Wildman–Crippen LogP) is 3.56. The number of nitrogens with zero attached hydrogens (tertiary/aromatic N) is 3. The van der Waals surface area contributed by atoms with Crippen LogP contribution in [0.2, 0.25) is 0 Å². The second-order valence-electron chi connectivity index (χ2n) is 11.2. The number of anilines is 1. The van der Waals surface area contributed by atoms with Crippen LogP contribution in [-0.4, -0.2) is 88.6 Å². The number of alkyl halides is 1. The number of halogens is 1. The lowest BCUT2D eigenvalue weighted by molar-refractivity contribution is -0.145. The summed E-state index contributed by atoms with van der Waals surface area (Å²) in [6.45, 7) is 8.59. The van der Waals surface area contributed by atoms with Gasteiger partial charge in [-0.05, 0) is 42.7 Å². The van der Waals surface area contributed by atoms with E-state index in [1.807, 2.05) is 30.3 Å². The third-order valence-corrected chi connectivity index (χ3v) is 9.55. The van der Waals surface area contributed by atoms with Crippen molar-refractivity contribution < 1.29 is 29.0 Å². The van der Waals surface area contributed by atoms with E-state index >= 15 is 0 Å². The quantitative estimate of drug-likeness (QED) is 0.263. The molecule has 2 bridgehead atoms. The molecule has 0 aliphatic carbocycles. The van der Waals surface area contributed by atoms with E-state index in [-0.39, 0.29) is 42.2 Å². The van der Waals surface area contributed by atoms with Gasteiger partial charge in [0.05, 0.1) is 25.0 Å². The Balaban J connectivity index is 1.53. The molecule has 1 spiro atoms. The van der Waals surface area contributed by atoms with Crippen molar-refractivity contribution in [3.63, 3.8) is 0 Å². The maximum absolute atomic E-state index is 14.6. The Kier molecular flexibility index (Phi) is 9.39. The molecule has 3 heterocycles. The lowest BCUT2D eigenvalue weighted by atomic mass is 9.70. The van der Waals surface area contributed by atoms with E-state index in [0.29, 0.717) is 37.4 Å². The van der Waals surface area contributed by atoms with Gasteiger partial charge in [0.1, 0.15) is 17.4 Å². The van der Waals surface area contributed by atoms with Crippen molar-refractivity contribution in [1.82, 2.24) is 9.80 Å². The lowest BCUT2D eigenvalue weighted by Gasteiger charge is -2.37. The molecular formula is C33H38BrN3O6. The van der Waals surface area contributed by atoms with Gasteiger partial charge in [-0.2, -0.15) is 0 Å². The van der Waals surface area contributed by atoms with E-state index in [2.05, 4.69) is 29.1 Å². The molecule has 5 rings (SSSR count). The van der Waals surface area contributed by atoms with Gasteiger partial charge < -0.3 is 29.3 Å². The molecule has 3 aliphatic rings. The number of amides is 3. The molecule has 228 valence electrons. The fraction of sp³-hybridized carbons (Fsp3) is 0.424. The van der Waals surface area contributed by atoms with Gasteiger partial charge in [-0.15, -0.1) is 13.2 Å². The minimum atomic E-state index is -1.21. The van der Waals surface area contributed by atoms with Gasteiger partial charge in [-0.25, -0.2) is 0 Å². The van der Waals surface area contributed by atoms with E-state index in [9.17, 15) is 19.5 Å². The van der Waals surface area contributed by atoms with Crippen molar-refractivity contribution in [2.24, 2.45) is 11.8 Å². The van der Waals surface area contributed by atoms with Gasteiger partial charge in [0.2, 0.25) is 11.8 Å². The van der Waals surface area contributed by atoms with Gasteiger partial charge in [-0.1, -0.05) is 58.4 Å². The maximum Gasteiger partial charge on any atom is 0.253 e. The smallest absolute Gasteiger partial charge is 0.253 e. The molecule has 9 nitrogen and oxygen atoms in total. The SMILES string of the molecule is C=CCN(Cc1ccccc1)C(=O)[C@H]1[C@@H]2OC3(CC2Br)C(C(=O)N(CC=C)c2ccc(OC)cc2)N(CCCO)C(=O)[C@H]13. The predicted molar refractivity (Wildman–Crippen MR) is 167 cm³/mol. The zero-order valence-electron chi connectivity index (χ0n) is 24.3. The number of likely N-dealkylation sites (tertiary alicyclic amines) is 1. The van der Waals surface area contributed by atoms with Gasteiger partial charge in [0.25, 0.3) is 5.91 Å². The Morgan fingerprint density at radius 3 is 2.44 bits per heavy atom. The summed E-state index contributed by atoms with van der Waals surface area (Å²) in [7, 11) is 1.57. The minimum Gasteiger partial charge on any atom is -0.497 e. The van der Waals surface area contributed by atoms with Crippen LogP contribution in [-0.2, 0) is 25.7 Å². The molecule has 0 aromatic heterocycles. The number of carbonyl (C=O) groups excluding carboxylic acids is 3. The van der Waals surface area contributed by atoms with Crippen LogP contribution in [0.5, 0.6) is 5.75 Å². The first-order valence-electron chi connectivity index (χ1n) is 14.5. The Bertz CT molecular complexity index is 1350. The molecule has 43 heavy (non-hydrogen) atoms. The van der Waals surface area contributed by atoms with Crippen molar-refractivity contribution >= 4 is 39.3 Å². The number of benzene rings is 2. The van der Waals surface area contributed by atoms with E-state index in [1.54, 1.807) is 53.3 Å². The van der Waals surface area contributed by atoms with Crippen molar-refractivity contribution in [3.05, 3.63) is 85.5 Å². The van der Waals surface area contributed by atoms with Crippen LogP contribution in [0.15, 0.2) is 79.9 Å². The monoisotopic (exact) mass is 651 g/mol. The Labute approximate surface area is 260 Å². The summed E-state index contributed by atoms with van der Waals surface area (Å²) >= 11 is 3.75. The van der Waals surface area contributed by atoms with Crippen LogP contribution in [0.25, 0.3) is 0 Å². The summed E-state index contributed by atoms with van der Waals surface area (Å²) in [5, 5.41) is 9.68. The minimum absolute atomic E-state index is 0.145. The Morgan fingerprint density at radius 1 is 1.12 bits per heavy atom. The van der Waals surface area contributed by atoms with Crippen LogP contribution in [0.4, 0.5) is 5.69 Å². The second kappa shape index (κ2) is 13.0. The first-order valence-corrected chi connectivity index (χ1v) is 15.5. The van der Waals surface area contributed by atoms with Crippen molar-refractivity contribution in [2.75, 3.05) is 38.3 Å². The number of ether oxygens (including phenoxy) is 2.